The van der Waals surface area contributed by atoms with Crippen LogP contribution >= 0.6 is 0 Å². The molecule has 0 fully saturated rings. The van der Waals surface area contributed by atoms with Gasteiger partial charge in [0.05, 0.1) is 0 Å². The fourth-order valence-corrected chi connectivity index (χ4v) is 11.4. The minimum absolute atomic E-state index is 1.30. The fraction of sp³-hybridized carbons (Fsp3) is 0.0303. The van der Waals surface area contributed by atoms with E-state index in [4.69, 9.17) is 0 Å². The van der Waals surface area contributed by atoms with Crippen LogP contribution in [0.1, 0.15) is 5.56 Å². The fourth-order valence-electron chi connectivity index (χ4n) is 6.21. The van der Waals surface area contributed by atoms with E-state index >= 15 is 0 Å². The standard InChI is InChI=1S/C33H24Si/c1-23-16-20-28-25(22-23)18-17-24-19-21-31-33(32(24)28)29-14-8-9-15-30(29)34(31,26-10-4-2-5-11-26)27-12-6-3-7-13-27/h2-22H,1H3. The Kier molecular flexibility index (Phi) is 4.18. The summed E-state index contributed by atoms with van der Waals surface area (Å²) in [6.07, 6.45) is 0. The molecule has 6 aromatic rings. The molecule has 0 spiro atoms. The summed E-state index contributed by atoms with van der Waals surface area (Å²) in [4.78, 5) is 0. The van der Waals surface area contributed by atoms with E-state index in [1.807, 2.05) is 0 Å². The first-order valence-corrected chi connectivity index (χ1v) is 14.0. The quantitative estimate of drug-likeness (QED) is 0.236. The first kappa shape index (κ1) is 19.5. The molecule has 34 heavy (non-hydrogen) atoms. The molecule has 1 heteroatoms. The maximum absolute atomic E-state index is 2.44. The molecule has 160 valence electrons. The molecule has 0 unspecified atom stereocenters. The van der Waals surface area contributed by atoms with Gasteiger partial charge in [-0.2, -0.15) is 0 Å². The lowest BCUT2D eigenvalue weighted by Gasteiger charge is -2.31. The van der Waals surface area contributed by atoms with Gasteiger partial charge in [0.25, 0.3) is 0 Å². The van der Waals surface area contributed by atoms with Crippen LogP contribution in [0.25, 0.3) is 32.7 Å². The zero-order valence-electron chi connectivity index (χ0n) is 19.1. The van der Waals surface area contributed by atoms with Crippen molar-refractivity contribution in [2.45, 2.75) is 6.92 Å². The van der Waals surface area contributed by atoms with Crippen molar-refractivity contribution >= 4 is 50.4 Å². The zero-order valence-corrected chi connectivity index (χ0v) is 20.1. The lowest BCUT2D eigenvalue weighted by Crippen LogP contribution is -2.72. The predicted molar refractivity (Wildman–Crippen MR) is 149 cm³/mol. The van der Waals surface area contributed by atoms with Gasteiger partial charge in [-0.3, -0.25) is 0 Å². The summed E-state index contributed by atoms with van der Waals surface area (Å²) in [5.74, 6) is 0. The number of aryl methyl sites for hydroxylation is 1. The zero-order chi connectivity index (χ0) is 22.7. The third-order valence-corrected chi connectivity index (χ3v) is 12.4. The predicted octanol–water partition coefficient (Wildman–Crippen LogP) is 5.66. The number of rotatable bonds is 2. The van der Waals surface area contributed by atoms with Gasteiger partial charge in [0.1, 0.15) is 0 Å². The summed E-state index contributed by atoms with van der Waals surface area (Å²) >= 11 is 0. The minimum Gasteiger partial charge on any atom is -0.0623 e. The Bertz CT molecular complexity index is 1660. The lowest BCUT2D eigenvalue weighted by molar-refractivity contribution is 1.51. The second kappa shape index (κ2) is 7.28. The highest BCUT2D eigenvalue weighted by atomic mass is 28.3. The normalized spacial score (nSPS) is 13.7. The second-order valence-electron chi connectivity index (χ2n) is 9.40. The molecule has 7 rings (SSSR count). The molecule has 0 aromatic heterocycles. The molecule has 0 N–H and O–H groups in total. The van der Waals surface area contributed by atoms with Gasteiger partial charge in [-0.05, 0) is 60.3 Å². The van der Waals surface area contributed by atoms with Crippen LogP contribution in [0.3, 0.4) is 0 Å². The molecule has 1 heterocycles. The van der Waals surface area contributed by atoms with Gasteiger partial charge in [-0.1, -0.05) is 133 Å². The maximum atomic E-state index is 2.43. The molecular weight excluding hydrogens is 424 g/mol. The molecule has 0 saturated heterocycles. The van der Waals surface area contributed by atoms with Crippen LogP contribution in [0.5, 0.6) is 0 Å². The highest BCUT2D eigenvalue weighted by Gasteiger charge is 2.48. The van der Waals surface area contributed by atoms with Crippen LogP contribution in [-0.4, -0.2) is 8.07 Å². The molecule has 0 bridgehead atoms. The largest absolute Gasteiger partial charge is 0.180 e. The van der Waals surface area contributed by atoms with Crippen LogP contribution < -0.4 is 20.7 Å². The van der Waals surface area contributed by atoms with Crippen molar-refractivity contribution in [3.8, 4) is 11.1 Å². The monoisotopic (exact) mass is 448 g/mol. The number of benzene rings is 6. The first-order chi connectivity index (χ1) is 16.8. The smallest absolute Gasteiger partial charge is 0.0623 e. The number of hydrogen-bond donors (Lipinski definition) is 0. The molecule has 6 aromatic carbocycles. The van der Waals surface area contributed by atoms with E-state index in [1.54, 1.807) is 0 Å². The minimum atomic E-state index is -2.44. The molecule has 0 nitrogen and oxygen atoms in total. The Hall–Kier alpha value is -3.94. The third-order valence-electron chi connectivity index (χ3n) is 7.57. The average molecular weight is 449 g/mol. The van der Waals surface area contributed by atoms with Gasteiger partial charge in [0, 0.05) is 0 Å². The number of fused-ring (bicyclic) bond motifs is 7. The molecule has 1 aliphatic rings. The summed E-state index contributed by atoms with van der Waals surface area (Å²) in [6, 6.07) is 47.9. The molecule has 0 saturated carbocycles. The molecule has 0 radical (unpaired) electrons. The summed E-state index contributed by atoms with van der Waals surface area (Å²) in [7, 11) is -2.44. The summed E-state index contributed by atoms with van der Waals surface area (Å²) in [5.41, 5.74) is 4.13. The molecule has 0 amide bonds. The highest BCUT2D eigenvalue weighted by Crippen LogP contribution is 2.38. The van der Waals surface area contributed by atoms with E-state index in [0.29, 0.717) is 0 Å². The van der Waals surface area contributed by atoms with Gasteiger partial charge in [0.2, 0.25) is 0 Å². The lowest BCUT2D eigenvalue weighted by atomic mass is 9.93. The van der Waals surface area contributed by atoms with E-state index < -0.39 is 8.07 Å². The van der Waals surface area contributed by atoms with Gasteiger partial charge in [-0.15, -0.1) is 0 Å². The van der Waals surface area contributed by atoms with Gasteiger partial charge in [0.15, 0.2) is 8.07 Å². The van der Waals surface area contributed by atoms with E-state index in [0.717, 1.165) is 0 Å². The van der Waals surface area contributed by atoms with Crippen molar-refractivity contribution in [1.82, 2.24) is 0 Å². The molecule has 0 atom stereocenters. The summed E-state index contributed by atoms with van der Waals surface area (Å²) in [6.45, 7) is 2.18. The van der Waals surface area contributed by atoms with E-state index in [9.17, 15) is 0 Å². The summed E-state index contributed by atoms with van der Waals surface area (Å²) in [5, 5.41) is 11.3. The molecular formula is C33H24Si. The highest BCUT2D eigenvalue weighted by molar-refractivity contribution is 7.22. The number of hydrogen-bond acceptors (Lipinski definition) is 0. The van der Waals surface area contributed by atoms with Gasteiger partial charge < -0.3 is 0 Å². The Morgan fingerprint density at radius 3 is 1.85 bits per heavy atom. The molecule has 1 aliphatic heterocycles. The first-order valence-electron chi connectivity index (χ1n) is 12.0. The van der Waals surface area contributed by atoms with Crippen molar-refractivity contribution in [2.75, 3.05) is 0 Å². The van der Waals surface area contributed by atoms with E-state index in [2.05, 4.69) is 134 Å². The second-order valence-corrected chi connectivity index (χ2v) is 13.1. The van der Waals surface area contributed by atoms with E-state index in [1.165, 1.54) is 59.0 Å². The van der Waals surface area contributed by atoms with Crippen LogP contribution in [0.2, 0.25) is 0 Å². The Labute approximate surface area is 201 Å². The van der Waals surface area contributed by atoms with Crippen molar-refractivity contribution in [3.63, 3.8) is 0 Å². The van der Waals surface area contributed by atoms with Crippen LogP contribution in [-0.2, 0) is 0 Å². The van der Waals surface area contributed by atoms with Crippen molar-refractivity contribution in [3.05, 3.63) is 133 Å². The van der Waals surface area contributed by atoms with Crippen molar-refractivity contribution in [1.29, 1.82) is 0 Å². The SMILES string of the molecule is Cc1ccc2c(ccc3ccc4c(c32)-c2ccccc2[Si]4(c2ccccc2)c2ccccc2)c1. The maximum Gasteiger partial charge on any atom is 0.180 e. The van der Waals surface area contributed by atoms with E-state index in [-0.39, 0.29) is 0 Å². The molecule has 0 aliphatic carbocycles. The van der Waals surface area contributed by atoms with Crippen molar-refractivity contribution in [2.24, 2.45) is 0 Å². The van der Waals surface area contributed by atoms with Gasteiger partial charge in [-0.25, -0.2) is 0 Å². The van der Waals surface area contributed by atoms with Gasteiger partial charge >= 0.3 is 0 Å². The topological polar surface area (TPSA) is 0 Å². The Balaban J connectivity index is 1.73. The Morgan fingerprint density at radius 2 is 1.12 bits per heavy atom. The van der Waals surface area contributed by atoms with Crippen LogP contribution in [0.15, 0.2) is 127 Å². The third kappa shape index (κ3) is 2.53. The van der Waals surface area contributed by atoms with Crippen LogP contribution in [0, 0.1) is 6.92 Å². The summed E-state index contributed by atoms with van der Waals surface area (Å²) < 4.78 is 0. The van der Waals surface area contributed by atoms with Crippen LogP contribution in [0.4, 0.5) is 0 Å². The average Bonchev–Trinajstić information content (AvgIpc) is 3.20. The van der Waals surface area contributed by atoms with Crippen molar-refractivity contribution < 1.29 is 0 Å². The Morgan fingerprint density at radius 1 is 0.500 bits per heavy atom.